The van der Waals surface area contributed by atoms with Crippen LogP contribution in [-0.2, 0) is 56.0 Å². The van der Waals surface area contributed by atoms with Gasteiger partial charge in [-0.05, 0) is 19.4 Å². The number of aliphatic hydroxyl groups is 4. The molecule has 0 aliphatic heterocycles. The number of carbonyl (C=O) groups is 9. The fourth-order valence-corrected chi connectivity index (χ4v) is 5.20. The van der Waals surface area contributed by atoms with Crippen molar-refractivity contribution in [2.75, 3.05) is 19.8 Å². The summed E-state index contributed by atoms with van der Waals surface area (Å²) in [5.41, 5.74) is 6.81. The average molecular weight is 851 g/mol. The zero-order valence-electron chi connectivity index (χ0n) is 32.4. The molecule has 7 amide bonds. The number of benzene rings is 1. The van der Waals surface area contributed by atoms with Crippen LogP contribution in [0.15, 0.2) is 42.9 Å². The number of H-pyrrole nitrogens is 1. The standard InChI is InChI=1S/C35H50N10O15/c1-16(48)27(33(57)41-21(8-18-6-4-3-5-7-18)31(55)45-28(17(2)49)34(58)43-24(14-47)35(59)60)44-25(50)12-38-30(54)22(10-26(51)52)40-32(56)23(13-46)42-29(53)20(36)9-19-11-37-15-39-19/h3-7,11,15-17,20-24,27-28,46-49H,8-10,12-14,36H2,1-2H3,(H,37,39)(H,38,54)(H,40,56)(H,41,57)(H,42,53)(H,43,58)(H,44,50)(H,45,55)(H,51,52)(H,59,60)/t16-,17-,20+,21+,22+,23+,24+,27+,28+/m1/s1. The van der Waals surface area contributed by atoms with Crippen molar-refractivity contribution in [3.8, 4) is 0 Å². The first kappa shape index (κ1) is 49.6. The number of imidazole rings is 1. The second-order valence-electron chi connectivity index (χ2n) is 13.4. The molecule has 16 N–H and O–H groups in total. The molecule has 1 aromatic carbocycles. The number of nitrogens with one attached hydrogen (secondary N) is 8. The van der Waals surface area contributed by atoms with E-state index >= 15 is 0 Å². The van der Waals surface area contributed by atoms with Crippen LogP contribution in [0.3, 0.4) is 0 Å². The van der Waals surface area contributed by atoms with E-state index in [1.807, 2.05) is 5.32 Å². The Labute approximate surface area is 341 Å². The van der Waals surface area contributed by atoms with Gasteiger partial charge < -0.3 is 78.6 Å². The molecular formula is C35H50N10O15. The van der Waals surface area contributed by atoms with Crippen LogP contribution in [0.2, 0.25) is 0 Å². The zero-order valence-corrected chi connectivity index (χ0v) is 32.4. The van der Waals surface area contributed by atoms with Crippen LogP contribution < -0.4 is 43.0 Å². The average Bonchev–Trinajstić information content (AvgIpc) is 3.71. The Bertz CT molecular complexity index is 1800. The van der Waals surface area contributed by atoms with Gasteiger partial charge in [0.25, 0.3) is 0 Å². The summed E-state index contributed by atoms with van der Waals surface area (Å²) in [7, 11) is 0. The molecule has 25 nitrogen and oxygen atoms in total. The van der Waals surface area contributed by atoms with E-state index in [-0.39, 0.29) is 12.8 Å². The number of amides is 7. The second kappa shape index (κ2) is 24.4. The Morgan fingerprint density at radius 1 is 0.667 bits per heavy atom. The number of nitrogens with zero attached hydrogens (tertiary/aromatic N) is 1. The van der Waals surface area contributed by atoms with E-state index in [1.54, 1.807) is 30.3 Å². The lowest BCUT2D eigenvalue weighted by Gasteiger charge is -2.27. The highest BCUT2D eigenvalue weighted by Gasteiger charge is 2.35. The monoisotopic (exact) mass is 850 g/mol. The van der Waals surface area contributed by atoms with Crippen molar-refractivity contribution in [1.29, 1.82) is 0 Å². The van der Waals surface area contributed by atoms with Gasteiger partial charge in [-0.25, -0.2) is 9.78 Å². The van der Waals surface area contributed by atoms with Gasteiger partial charge in [0.15, 0.2) is 0 Å². The van der Waals surface area contributed by atoms with Gasteiger partial charge in [0, 0.05) is 24.7 Å². The van der Waals surface area contributed by atoms with Crippen LogP contribution in [0, 0.1) is 0 Å². The lowest BCUT2D eigenvalue weighted by molar-refractivity contribution is -0.144. The number of aromatic nitrogens is 2. The maximum Gasteiger partial charge on any atom is 0.328 e. The lowest BCUT2D eigenvalue weighted by Crippen LogP contribution is -2.62. The van der Waals surface area contributed by atoms with E-state index < -0.39 is 134 Å². The van der Waals surface area contributed by atoms with Crippen LogP contribution in [0.5, 0.6) is 0 Å². The normalized spacial score (nSPS) is 15.4. The lowest BCUT2D eigenvalue weighted by atomic mass is 10.0. The molecule has 0 bridgehead atoms. The molecular weight excluding hydrogens is 800 g/mol. The summed E-state index contributed by atoms with van der Waals surface area (Å²) >= 11 is 0. The van der Waals surface area contributed by atoms with Crippen molar-refractivity contribution in [1.82, 2.24) is 47.2 Å². The largest absolute Gasteiger partial charge is 0.481 e. The summed E-state index contributed by atoms with van der Waals surface area (Å²) in [6.07, 6.45) is -1.79. The van der Waals surface area contributed by atoms with Gasteiger partial charge in [0.2, 0.25) is 41.4 Å². The summed E-state index contributed by atoms with van der Waals surface area (Å²) < 4.78 is 0. The second-order valence-corrected chi connectivity index (χ2v) is 13.4. The third-order valence-electron chi connectivity index (χ3n) is 8.44. The molecule has 25 heteroatoms. The van der Waals surface area contributed by atoms with Crippen molar-refractivity contribution in [3.63, 3.8) is 0 Å². The van der Waals surface area contributed by atoms with Gasteiger partial charge in [0.05, 0.1) is 50.8 Å². The predicted molar refractivity (Wildman–Crippen MR) is 202 cm³/mol. The minimum absolute atomic E-state index is 0.0198. The van der Waals surface area contributed by atoms with Crippen LogP contribution in [0.4, 0.5) is 0 Å². The number of carboxylic acids is 2. The van der Waals surface area contributed by atoms with Gasteiger partial charge >= 0.3 is 11.9 Å². The molecule has 2 aromatic rings. The quantitative estimate of drug-likeness (QED) is 0.0441. The van der Waals surface area contributed by atoms with Gasteiger partial charge in [-0.3, -0.25) is 38.4 Å². The number of aliphatic carboxylic acids is 2. The summed E-state index contributed by atoms with van der Waals surface area (Å²) in [5.74, 6) is -11.0. The Morgan fingerprint density at radius 3 is 1.72 bits per heavy atom. The predicted octanol–water partition coefficient (Wildman–Crippen LogP) is -7.15. The first-order chi connectivity index (χ1) is 28.3. The molecule has 60 heavy (non-hydrogen) atoms. The SMILES string of the molecule is C[C@@H](O)[C@H](NC(=O)CNC(=O)[C@H](CC(=O)O)NC(=O)[C@H](CO)NC(=O)[C@@H](N)Cc1cnc[nH]1)C(=O)N[C@@H](Cc1ccccc1)C(=O)N[C@H](C(=O)N[C@@H](CO)C(=O)O)[C@@H](C)O. The van der Waals surface area contributed by atoms with E-state index in [4.69, 9.17) is 5.73 Å². The number of nitrogens with two attached hydrogens (primary N) is 1. The van der Waals surface area contributed by atoms with Gasteiger partial charge in [-0.2, -0.15) is 0 Å². The maximum atomic E-state index is 13.5. The molecule has 0 saturated carbocycles. The smallest absolute Gasteiger partial charge is 0.328 e. The van der Waals surface area contributed by atoms with Crippen molar-refractivity contribution >= 4 is 53.3 Å². The topological polar surface area (TPSA) is 414 Å². The molecule has 2 rings (SSSR count). The molecule has 0 radical (unpaired) electrons. The molecule has 1 aromatic heterocycles. The highest BCUT2D eigenvalue weighted by atomic mass is 16.4. The van der Waals surface area contributed by atoms with E-state index in [9.17, 15) is 73.8 Å². The van der Waals surface area contributed by atoms with Crippen molar-refractivity contribution in [2.45, 2.75) is 87.6 Å². The number of hydrogen-bond donors (Lipinski definition) is 15. The molecule has 330 valence electrons. The summed E-state index contributed by atoms with van der Waals surface area (Å²) in [6.45, 7) is -0.742. The number of carbonyl (C=O) groups excluding carboxylic acids is 7. The summed E-state index contributed by atoms with van der Waals surface area (Å²) in [6, 6.07) is -3.59. The maximum absolute atomic E-state index is 13.5. The van der Waals surface area contributed by atoms with E-state index in [0.29, 0.717) is 11.3 Å². The molecule has 0 spiro atoms. The first-order valence-corrected chi connectivity index (χ1v) is 18.2. The minimum Gasteiger partial charge on any atom is -0.481 e. The van der Waals surface area contributed by atoms with Crippen LogP contribution in [-0.4, -0.2) is 168 Å². The minimum atomic E-state index is -1.85. The highest BCUT2D eigenvalue weighted by molar-refractivity contribution is 5.97. The third-order valence-corrected chi connectivity index (χ3v) is 8.44. The fourth-order valence-electron chi connectivity index (χ4n) is 5.20. The Kier molecular flexibility index (Phi) is 20.2. The Hall–Kier alpha value is -6.54. The van der Waals surface area contributed by atoms with E-state index in [0.717, 1.165) is 13.8 Å². The van der Waals surface area contributed by atoms with Crippen molar-refractivity contribution in [2.24, 2.45) is 5.73 Å². The molecule has 9 atom stereocenters. The Morgan fingerprint density at radius 2 is 1.20 bits per heavy atom. The molecule has 1 heterocycles. The molecule has 0 saturated heterocycles. The fraction of sp³-hybridized carbons (Fsp3) is 0.486. The number of aromatic amines is 1. The highest BCUT2D eigenvalue weighted by Crippen LogP contribution is 2.07. The summed E-state index contributed by atoms with van der Waals surface area (Å²) in [4.78, 5) is 120. The third kappa shape index (κ3) is 16.4. The van der Waals surface area contributed by atoms with Crippen molar-refractivity contribution in [3.05, 3.63) is 54.1 Å². The van der Waals surface area contributed by atoms with Gasteiger partial charge in [0.1, 0.15) is 36.3 Å². The van der Waals surface area contributed by atoms with Crippen molar-refractivity contribution < 1.29 is 73.8 Å². The van der Waals surface area contributed by atoms with E-state index in [1.165, 1.54) is 12.5 Å². The number of rotatable bonds is 25. The van der Waals surface area contributed by atoms with Gasteiger partial charge in [-0.1, -0.05) is 30.3 Å². The molecule has 0 fully saturated rings. The van der Waals surface area contributed by atoms with Crippen LogP contribution >= 0.6 is 0 Å². The first-order valence-electron chi connectivity index (χ1n) is 18.2. The zero-order chi connectivity index (χ0) is 45.1. The number of carboxylic acid groups (broad SMARTS) is 2. The number of aliphatic hydroxyl groups excluding tert-OH is 4. The molecule has 0 unspecified atom stereocenters. The molecule has 0 aliphatic rings. The van der Waals surface area contributed by atoms with Crippen LogP contribution in [0.1, 0.15) is 31.5 Å². The van der Waals surface area contributed by atoms with Crippen LogP contribution in [0.25, 0.3) is 0 Å². The number of hydrogen-bond acceptors (Lipinski definition) is 15. The van der Waals surface area contributed by atoms with E-state index in [2.05, 4.69) is 41.9 Å². The molecule has 0 aliphatic carbocycles. The Balaban J connectivity index is 2.14. The van der Waals surface area contributed by atoms with Gasteiger partial charge in [-0.15, -0.1) is 0 Å². The summed E-state index contributed by atoms with van der Waals surface area (Å²) in [5, 5.41) is 73.2.